The lowest BCUT2D eigenvalue weighted by molar-refractivity contribution is 0.823. The second-order valence-corrected chi connectivity index (χ2v) is 1.15. The van der Waals surface area contributed by atoms with E-state index in [1.54, 1.807) is 0 Å². The van der Waals surface area contributed by atoms with E-state index in [1.807, 2.05) is 36.4 Å². The quantitative estimate of drug-likeness (QED) is 0.445. The minimum Gasteiger partial charge on any atom is -0.412 e. The van der Waals surface area contributed by atoms with E-state index >= 15 is 0 Å². The van der Waals surface area contributed by atoms with Gasteiger partial charge in [-0.05, 0) is 0 Å². The first-order valence-electron chi connectivity index (χ1n) is 2.00. The van der Waals surface area contributed by atoms with Crippen molar-refractivity contribution in [1.82, 2.24) is 0 Å². The van der Waals surface area contributed by atoms with Gasteiger partial charge in [-0.2, -0.15) is 0 Å². The van der Waals surface area contributed by atoms with Crippen LogP contribution in [0.5, 0.6) is 0 Å². The first kappa shape index (κ1) is 43.9. The predicted molar refractivity (Wildman–Crippen MR) is 51.2 cm³/mol. The molecule has 5 nitrogen and oxygen atoms in total. The van der Waals surface area contributed by atoms with E-state index in [1.165, 1.54) is 0 Å². The van der Waals surface area contributed by atoms with Gasteiger partial charge in [0.2, 0.25) is 0 Å². The van der Waals surface area contributed by atoms with Crippen molar-refractivity contribution < 1.29 is 27.4 Å². The Morgan fingerprint density at radius 1 is 0.333 bits per heavy atom. The van der Waals surface area contributed by atoms with E-state index in [0.29, 0.717) is 0 Å². The largest absolute Gasteiger partial charge is 0.412 e. The number of hydrogen-bond donors (Lipinski definition) is 0. The van der Waals surface area contributed by atoms with E-state index in [-0.39, 0.29) is 34.8 Å². The molecule has 0 bridgehead atoms. The van der Waals surface area contributed by atoms with Gasteiger partial charge in [-0.3, -0.25) is 0 Å². The van der Waals surface area contributed by atoms with E-state index in [0.717, 1.165) is 0 Å². The Labute approximate surface area is 72.2 Å². The van der Waals surface area contributed by atoms with Crippen molar-refractivity contribution in [2.75, 3.05) is 0 Å². The van der Waals surface area contributed by atoms with Crippen LogP contribution in [0.15, 0.2) is 36.4 Å². The molecule has 0 saturated carbocycles. The Morgan fingerprint density at radius 2 is 0.417 bits per heavy atom. The Hall–Kier alpha value is -0.980. The molecule has 1 aromatic rings. The van der Waals surface area contributed by atoms with Crippen LogP contribution < -0.4 is 0 Å². The smallest absolute Gasteiger partial charge is 0.0623 e. The molecule has 0 aromatic heterocycles. The summed E-state index contributed by atoms with van der Waals surface area (Å²) in [5.74, 6) is 0. The Morgan fingerprint density at radius 3 is 0.500 bits per heavy atom. The van der Waals surface area contributed by atoms with E-state index in [2.05, 4.69) is 0 Å². The fourth-order valence-electron chi connectivity index (χ4n) is 0.385. The minimum absolute atomic E-state index is 0. The molecule has 0 radical (unpaired) electrons. The first-order chi connectivity index (χ1) is 3.00. The van der Waals surface area contributed by atoms with Crippen LogP contribution in [0.1, 0.15) is 7.43 Å². The highest BCUT2D eigenvalue weighted by Crippen LogP contribution is 1.79. The van der Waals surface area contributed by atoms with Crippen molar-refractivity contribution >= 4 is 0 Å². The lowest BCUT2D eigenvalue weighted by Crippen LogP contribution is -1.47. The topological polar surface area (TPSA) is 158 Å². The number of benzene rings is 1. The Balaban J connectivity index is -0.0000000150. The summed E-state index contributed by atoms with van der Waals surface area (Å²) in [6.45, 7) is 0. The van der Waals surface area contributed by atoms with Gasteiger partial charge in [0, 0.05) is 0 Å². The second-order valence-electron chi connectivity index (χ2n) is 1.15. The molecule has 78 valence electrons. The number of hydrogen-bond acceptors (Lipinski definition) is 0. The third-order valence-electron chi connectivity index (χ3n) is 0.667. The minimum atomic E-state index is 0. The van der Waals surface area contributed by atoms with Gasteiger partial charge in [-0.25, -0.2) is 0 Å². The molecular formula is C7H20O5. The van der Waals surface area contributed by atoms with Crippen molar-refractivity contribution in [2.45, 2.75) is 7.43 Å². The van der Waals surface area contributed by atoms with Crippen LogP contribution in [0.2, 0.25) is 0 Å². The van der Waals surface area contributed by atoms with Gasteiger partial charge in [0.1, 0.15) is 0 Å². The molecule has 1 aromatic carbocycles. The summed E-state index contributed by atoms with van der Waals surface area (Å²) in [7, 11) is 0. The molecule has 12 heavy (non-hydrogen) atoms. The van der Waals surface area contributed by atoms with Crippen LogP contribution >= 0.6 is 0 Å². The zero-order chi connectivity index (χ0) is 4.24. The third kappa shape index (κ3) is 23.0. The highest BCUT2D eigenvalue weighted by molar-refractivity contribution is 4.99. The van der Waals surface area contributed by atoms with Crippen molar-refractivity contribution in [3.05, 3.63) is 36.4 Å². The molecule has 0 aliphatic heterocycles. The normalized spacial score (nSPS) is 4.00. The predicted octanol–water partition coefficient (Wildman–Crippen LogP) is -1.80. The summed E-state index contributed by atoms with van der Waals surface area (Å²) in [6.07, 6.45) is 0. The lowest BCUT2D eigenvalue weighted by atomic mass is 10.4. The molecule has 0 aliphatic rings. The molecule has 10 N–H and O–H groups in total. The molecule has 1 rings (SSSR count). The van der Waals surface area contributed by atoms with Gasteiger partial charge < -0.3 is 27.4 Å². The highest BCUT2D eigenvalue weighted by atomic mass is 16.0. The molecule has 0 spiro atoms. The van der Waals surface area contributed by atoms with Crippen LogP contribution in [0.4, 0.5) is 0 Å². The van der Waals surface area contributed by atoms with Crippen LogP contribution in [0.3, 0.4) is 0 Å². The third-order valence-corrected chi connectivity index (χ3v) is 0.667. The fraction of sp³-hybridized carbons (Fsp3) is 0.143. The van der Waals surface area contributed by atoms with Gasteiger partial charge in [-0.1, -0.05) is 43.8 Å². The maximum absolute atomic E-state index is 2.00. The molecule has 0 heterocycles. The summed E-state index contributed by atoms with van der Waals surface area (Å²) < 4.78 is 0. The lowest BCUT2D eigenvalue weighted by Gasteiger charge is -1.69. The van der Waals surface area contributed by atoms with Crippen LogP contribution in [0.25, 0.3) is 0 Å². The highest BCUT2D eigenvalue weighted by Gasteiger charge is 1.57. The van der Waals surface area contributed by atoms with Gasteiger partial charge in [0.05, 0.1) is 0 Å². The summed E-state index contributed by atoms with van der Waals surface area (Å²) in [4.78, 5) is 0. The molecule has 0 unspecified atom stereocenters. The van der Waals surface area contributed by atoms with Crippen molar-refractivity contribution in [2.24, 2.45) is 0 Å². The Bertz CT molecular complexity index is 83.7. The van der Waals surface area contributed by atoms with Crippen molar-refractivity contribution in [3.8, 4) is 0 Å². The zero-order valence-corrected chi connectivity index (χ0v) is 5.96. The maximum Gasteiger partial charge on any atom is -0.0623 e. The van der Waals surface area contributed by atoms with E-state index in [9.17, 15) is 0 Å². The molecular weight excluding hydrogens is 164 g/mol. The molecule has 5 heteroatoms. The monoisotopic (exact) mass is 184 g/mol. The molecule has 0 amide bonds. The van der Waals surface area contributed by atoms with Gasteiger partial charge in [0.15, 0.2) is 0 Å². The summed E-state index contributed by atoms with van der Waals surface area (Å²) in [5, 5.41) is 0. The standard InChI is InChI=1S/C6H6.CH4.5H2O/c1-2-4-6-5-3-1;;;;;;/h1-6H;1H4;5*1H2. The van der Waals surface area contributed by atoms with Crippen LogP contribution in [0, 0.1) is 0 Å². The molecule has 0 saturated heterocycles. The summed E-state index contributed by atoms with van der Waals surface area (Å²) >= 11 is 0. The fourth-order valence-corrected chi connectivity index (χ4v) is 0.385. The van der Waals surface area contributed by atoms with Gasteiger partial charge in [-0.15, -0.1) is 0 Å². The number of rotatable bonds is 0. The summed E-state index contributed by atoms with van der Waals surface area (Å²) in [6, 6.07) is 12.0. The SMILES string of the molecule is C.O.O.O.O.O.c1ccccc1. The average Bonchev–Trinajstić information content (AvgIpc) is 1.72. The first-order valence-corrected chi connectivity index (χ1v) is 2.00. The van der Waals surface area contributed by atoms with E-state index < -0.39 is 0 Å². The Kier molecular flexibility index (Phi) is 118. The van der Waals surface area contributed by atoms with Crippen LogP contribution in [-0.4, -0.2) is 27.4 Å². The van der Waals surface area contributed by atoms with Crippen molar-refractivity contribution in [3.63, 3.8) is 0 Å². The van der Waals surface area contributed by atoms with Crippen molar-refractivity contribution in [1.29, 1.82) is 0 Å². The molecule has 0 fully saturated rings. The second kappa shape index (κ2) is 32.3. The van der Waals surface area contributed by atoms with Crippen LogP contribution in [-0.2, 0) is 0 Å². The summed E-state index contributed by atoms with van der Waals surface area (Å²) in [5.41, 5.74) is 0. The average molecular weight is 184 g/mol. The molecule has 0 atom stereocenters. The van der Waals surface area contributed by atoms with E-state index in [4.69, 9.17) is 0 Å². The maximum atomic E-state index is 2.00. The zero-order valence-electron chi connectivity index (χ0n) is 5.96. The molecule has 0 aliphatic carbocycles. The van der Waals surface area contributed by atoms with Gasteiger partial charge >= 0.3 is 0 Å². The van der Waals surface area contributed by atoms with Gasteiger partial charge in [0.25, 0.3) is 0 Å².